The molecule has 1 unspecified atom stereocenters. The molecule has 0 saturated carbocycles. The SMILES string of the molecule is COC(=O)C(O)c1cc(OC)c(O)cc1OC. The van der Waals surface area contributed by atoms with Gasteiger partial charge in [-0.25, -0.2) is 4.79 Å². The summed E-state index contributed by atoms with van der Waals surface area (Å²) in [5, 5.41) is 19.2. The predicted octanol–water partition coefficient (Wildman–Crippen LogP) is 0.616. The molecule has 6 heteroatoms. The number of esters is 1. The second-order valence-electron chi connectivity index (χ2n) is 3.19. The molecule has 1 rings (SSSR count). The summed E-state index contributed by atoms with van der Waals surface area (Å²) in [6.45, 7) is 0. The first-order valence-corrected chi connectivity index (χ1v) is 4.76. The number of aromatic hydroxyl groups is 1. The molecule has 0 spiro atoms. The van der Waals surface area contributed by atoms with Gasteiger partial charge in [0.2, 0.25) is 0 Å². The molecule has 0 aromatic heterocycles. The number of ether oxygens (including phenoxy) is 3. The third-order valence-electron chi connectivity index (χ3n) is 2.25. The van der Waals surface area contributed by atoms with Gasteiger partial charge in [0.25, 0.3) is 0 Å². The number of methoxy groups -OCH3 is 3. The van der Waals surface area contributed by atoms with E-state index in [-0.39, 0.29) is 22.8 Å². The van der Waals surface area contributed by atoms with Crippen molar-refractivity contribution in [2.45, 2.75) is 6.10 Å². The standard InChI is InChI=1S/C11H14O6/c1-15-8-5-7(12)9(16-2)4-6(8)10(13)11(14)17-3/h4-5,10,12-13H,1-3H3. The molecule has 0 radical (unpaired) electrons. The van der Waals surface area contributed by atoms with Crippen molar-refractivity contribution in [2.24, 2.45) is 0 Å². The lowest BCUT2D eigenvalue weighted by Crippen LogP contribution is -2.14. The molecule has 0 bridgehead atoms. The van der Waals surface area contributed by atoms with Crippen molar-refractivity contribution in [3.8, 4) is 17.2 Å². The van der Waals surface area contributed by atoms with Crippen LogP contribution >= 0.6 is 0 Å². The van der Waals surface area contributed by atoms with Gasteiger partial charge in [-0.15, -0.1) is 0 Å². The highest BCUT2D eigenvalue weighted by atomic mass is 16.5. The monoisotopic (exact) mass is 242 g/mol. The lowest BCUT2D eigenvalue weighted by atomic mass is 10.1. The van der Waals surface area contributed by atoms with Gasteiger partial charge in [-0.05, 0) is 6.07 Å². The van der Waals surface area contributed by atoms with Crippen LogP contribution in [-0.2, 0) is 9.53 Å². The summed E-state index contributed by atoms with van der Waals surface area (Å²) in [5.74, 6) is -0.675. The average Bonchev–Trinajstić information content (AvgIpc) is 2.36. The average molecular weight is 242 g/mol. The van der Waals surface area contributed by atoms with E-state index in [0.717, 1.165) is 7.11 Å². The fraction of sp³-hybridized carbons (Fsp3) is 0.364. The smallest absolute Gasteiger partial charge is 0.339 e. The molecule has 0 heterocycles. The van der Waals surface area contributed by atoms with E-state index < -0.39 is 12.1 Å². The van der Waals surface area contributed by atoms with Gasteiger partial charge >= 0.3 is 5.97 Å². The van der Waals surface area contributed by atoms with Gasteiger partial charge in [0.05, 0.1) is 21.3 Å². The first kappa shape index (κ1) is 13.1. The van der Waals surface area contributed by atoms with Crippen molar-refractivity contribution < 1.29 is 29.2 Å². The molecule has 1 atom stereocenters. The van der Waals surface area contributed by atoms with Crippen LogP contribution in [0.1, 0.15) is 11.7 Å². The number of aliphatic hydroxyl groups is 1. The molecule has 0 aliphatic rings. The van der Waals surface area contributed by atoms with E-state index in [1.807, 2.05) is 0 Å². The Labute approximate surface area is 98.3 Å². The number of hydrogen-bond donors (Lipinski definition) is 2. The highest BCUT2D eigenvalue weighted by Gasteiger charge is 2.24. The number of phenolic OH excluding ortho intramolecular Hbond substituents is 1. The largest absolute Gasteiger partial charge is 0.504 e. The second-order valence-corrected chi connectivity index (χ2v) is 3.19. The van der Waals surface area contributed by atoms with Crippen LogP contribution in [0.3, 0.4) is 0 Å². The molecule has 1 aromatic carbocycles. The number of rotatable bonds is 4. The van der Waals surface area contributed by atoms with Crippen molar-refractivity contribution in [3.05, 3.63) is 17.7 Å². The third kappa shape index (κ3) is 2.59. The summed E-state index contributed by atoms with van der Waals surface area (Å²) in [6.07, 6.45) is -1.50. The lowest BCUT2D eigenvalue weighted by molar-refractivity contribution is -0.150. The minimum Gasteiger partial charge on any atom is -0.504 e. The van der Waals surface area contributed by atoms with Gasteiger partial charge in [-0.2, -0.15) is 0 Å². The number of hydrogen-bond acceptors (Lipinski definition) is 6. The van der Waals surface area contributed by atoms with Crippen molar-refractivity contribution in [1.82, 2.24) is 0 Å². The van der Waals surface area contributed by atoms with Crippen molar-refractivity contribution in [2.75, 3.05) is 21.3 Å². The van der Waals surface area contributed by atoms with E-state index in [2.05, 4.69) is 4.74 Å². The molecule has 17 heavy (non-hydrogen) atoms. The highest BCUT2D eigenvalue weighted by molar-refractivity contribution is 5.77. The third-order valence-corrected chi connectivity index (χ3v) is 2.25. The molecule has 6 nitrogen and oxygen atoms in total. The van der Waals surface area contributed by atoms with Crippen LogP contribution < -0.4 is 9.47 Å². The van der Waals surface area contributed by atoms with E-state index in [1.165, 1.54) is 26.4 Å². The Morgan fingerprint density at radius 3 is 2.24 bits per heavy atom. The lowest BCUT2D eigenvalue weighted by Gasteiger charge is -2.15. The van der Waals surface area contributed by atoms with Crippen LogP contribution in [0.4, 0.5) is 0 Å². The fourth-order valence-corrected chi connectivity index (χ4v) is 1.36. The highest BCUT2D eigenvalue weighted by Crippen LogP contribution is 2.36. The molecule has 0 amide bonds. The summed E-state index contributed by atoms with van der Waals surface area (Å²) in [5.41, 5.74) is 0.161. The number of carbonyl (C=O) groups is 1. The van der Waals surface area contributed by atoms with Gasteiger partial charge < -0.3 is 24.4 Å². The quantitative estimate of drug-likeness (QED) is 0.753. The van der Waals surface area contributed by atoms with Gasteiger partial charge in [0.1, 0.15) is 5.75 Å². The topological polar surface area (TPSA) is 85.2 Å². The predicted molar refractivity (Wildman–Crippen MR) is 58.2 cm³/mol. The molecule has 0 saturated heterocycles. The molecular formula is C11H14O6. The van der Waals surface area contributed by atoms with Gasteiger partial charge in [-0.1, -0.05) is 0 Å². The van der Waals surface area contributed by atoms with Crippen LogP contribution in [0, 0.1) is 0 Å². The summed E-state index contributed by atoms with van der Waals surface area (Å²) < 4.78 is 14.3. The maximum Gasteiger partial charge on any atom is 0.339 e. The zero-order chi connectivity index (χ0) is 13.0. The van der Waals surface area contributed by atoms with Gasteiger partial charge in [-0.3, -0.25) is 0 Å². The summed E-state index contributed by atoms with van der Waals surface area (Å²) >= 11 is 0. The van der Waals surface area contributed by atoms with Crippen LogP contribution in [0.2, 0.25) is 0 Å². The molecule has 0 aliphatic carbocycles. The van der Waals surface area contributed by atoms with Crippen LogP contribution in [0.15, 0.2) is 12.1 Å². The fourth-order valence-electron chi connectivity index (χ4n) is 1.36. The summed E-state index contributed by atoms with van der Waals surface area (Å²) in [6, 6.07) is 2.57. The number of carbonyl (C=O) groups excluding carboxylic acids is 1. The minimum absolute atomic E-state index is 0.128. The Morgan fingerprint density at radius 2 is 1.76 bits per heavy atom. The summed E-state index contributed by atoms with van der Waals surface area (Å²) in [4.78, 5) is 11.2. The van der Waals surface area contributed by atoms with Gasteiger partial charge in [0, 0.05) is 11.6 Å². The first-order chi connectivity index (χ1) is 8.04. The molecule has 94 valence electrons. The van der Waals surface area contributed by atoms with Crippen molar-refractivity contribution in [3.63, 3.8) is 0 Å². The van der Waals surface area contributed by atoms with Crippen molar-refractivity contribution >= 4 is 5.97 Å². The van der Waals surface area contributed by atoms with E-state index >= 15 is 0 Å². The van der Waals surface area contributed by atoms with Crippen LogP contribution in [0.25, 0.3) is 0 Å². The molecule has 2 N–H and O–H groups in total. The Morgan fingerprint density at radius 1 is 1.18 bits per heavy atom. The Kier molecular flexibility index (Phi) is 4.17. The van der Waals surface area contributed by atoms with Gasteiger partial charge in [0.15, 0.2) is 17.6 Å². The Balaban J connectivity index is 3.25. The Hall–Kier alpha value is -1.95. The van der Waals surface area contributed by atoms with Crippen LogP contribution in [0.5, 0.6) is 17.2 Å². The Bertz CT molecular complexity index is 415. The second kappa shape index (κ2) is 5.40. The molecule has 1 aromatic rings. The number of phenols is 1. The van der Waals surface area contributed by atoms with Crippen LogP contribution in [-0.4, -0.2) is 37.5 Å². The maximum atomic E-state index is 11.2. The van der Waals surface area contributed by atoms with E-state index in [9.17, 15) is 15.0 Å². The molecule has 0 aliphatic heterocycles. The zero-order valence-electron chi connectivity index (χ0n) is 9.76. The minimum atomic E-state index is -1.50. The summed E-state index contributed by atoms with van der Waals surface area (Å²) in [7, 11) is 3.88. The normalized spacial score (nSPS) is 11.8. The molecular weight excluding hydrogens is 228 g/mol. The first-order valence-electron chi connectivity index (χ1n) is 4.76. The van der Waals surface area contributed by atoms with E-state index in [4.69, 9.17) is 9.47 Å². The van der Waals surface area contributed by atoms with E-state index in [0.29, 0.717) is 0 Å². The van der Waals surface area contributed by atoms with Crippen molar-refractivity contribution in [1.29, 1.82) is 0 Å². The maximum absolute atomic E-state index is 11.2. The number of aliphatic hydroxyl groups excluding tert-OH is 1. The van der Waals surface area contributed by atoms with E-state index in [1.54, 1.807) is 0 Å². The number of benzene rings is 1. The molecule has 0 fully saturated rings. The zero-order valence-corrected chi connectivity index (χ0v) is 9.76.